The number of hydrogen-bond donors (Lipinski definition) is 2. The van der Waals surface area contributed by atoms with Crippen molar-refractivity contribution < 1.29 is 9.59 Å². The van der Waals surface area contributed by atoms with E-state index in [1.807, 2.05) is 23.6 Å². The molecule has 3 rings (SSSR count). The molecule has 2 amide bonds. The molecule has 1 heterocycles. The van der Waals surface area contributed by atoms with Crippen molar-refractivity contribution in [1.29, 1.82) is 0 Å². The number of carbonyl (C=O) groups excluding carboxylic acids is 2. The van der Waals surface area contributed by atoms with Crippen molar-refractivity contribution in [2.75, 3.05) is 5.32 Å². The second kappa shape index (κ2) is 9.01. The normalized spacial score (nSPS) is 11.2. The largest absolute Gasteiger partial charge is 0.321 e. The third-order valence-electron chi connectivity index (χ3n) is 3.81. The number of halogens is 2. The highest BCUT2D eigenvalue weighted by Crippen LogP contribution is 2.21. The summed E-state index contributed by atoms with van der Waals surface area (Å²) in [7, 11) is 0. The highest BCUT2D eigenvalue weighted by atomic mass is 35.5. The number of nitrogens with zero attached hydrogens (tertiary/aromatic N) is 1. The Morgan fingerprint density at radius 2 is 1.75 bits per heavy atom. The number of rotatable bonds is 5. The van der Waals surface area contributed by atoms with E-state index in [0.717, 1.165) is 5.56 Å². The van der Waals surface area contributed by atoms with Crippen molar-refractivity contribution >= 4 is 57.8 Å². The monoisotopic (exact) mass is 431 g/mol. The van der Waals surface area contributed by atoms with Crippen LogP contribution in [0, 0.1) is 0 Å². The molecule has 142 valence electrons. The van der Waals surface area contributed by atoms with Gasteiger partial charge in [0.15, 0.2) is 0 Å². The molecule has 5 nitrogen and oxygen atoms in total. The summed E-state index contributed by atoms with van der Waals surface area (Å²) in [4.78, 5) is 24.9. The highest BCUT2D eigenvalue weighted by molar-refractivity contribution is 7.12. The van der Waals surface area contributed by atoms with Crippen LogP contribution in [0.3, 0.4) is 0 Å². The molecule has 0 fully saturated rings. The maximum Gasteiger partial charge on any atom is 0.272 e. The fourth-order valence-electron chi connectivity index (χ4n) is 2.33. The smallest absolute Gasteiger partial charge is 0.272 e. The summed E-state index contributed by atoms with van der Waals surface area (Å²) in [6.07, 6.45) is 0. The lowest BCUT2D eigenvalue weighted by Crippen LogP contribution is -2.19. The fourth-order valence-corrected chi connectivity index (χ4v) is 3.44. The van der Waals surface area contributed by atoms with Gasteiger partial charge in [0.1, 0.15) is 0 Å². The Labute approximate surface area is 176 Å². The lowest BCUT2D eigenvalue weighted by molar-refractivity contribution is 0.0954. The van der Waals surface area contributed by atoms with E-state index in [2.05, 4.69) is 15.8 Å². The summed E-state index contributed by atoms with van der Waals surface area (Å²) in [6, 6.07) is 15.4. The van der Waals surface area contributed by atoms with Crippen molar-refractivity contribution in [3.05, 3.63) is 86.0 Å². The minimum Gasteiger partial charge on any atom is -0.321 e. The number of benzene rings is 2. The maximum absolute atomic E-state index is 12.2. The lowest BCUT2D eigenvalue weighted by atomic mass is 10.1. The van der Waals surface area contributed by atoms with Crippen LogP contribution in [0.15, 0.2) is 65.1 Å². The average Bonchev–Trinajstić information content (AvgIpc) is 3.21. The number of amides is 2. The Morgan fingerprint density at radius 1 is 1.00 bits per heavy atom. The van der Waals surface area contributed by atoms with Gasteiger partial charge in [-0.25, -0.2) is 5.43 Å². The van der Waals surface area contributed by atoms with E-state index in [1.54, 1.807) is 31.2 Å². The van der Waals surface area contributed by atoms with Crippen LogP contribution in [-0.4, -0.2) is 17.5 Å². The number of carbonyl (C=O) groups is 2. The number of hydrazone groups is 1. The molecule has 0 atom stereocenters. The predicted molar refractivity (Wildman–Crippen MR) is 115 cm³/mol. The minimum absolute atomic E-state index is 0.153. The number of nitrogens with one attached hydrogen (secondary N) is 2. The maximum atomic E-state index is 12.2. The number of hydrogen-bond acceptors (Lipinski definition) is 4. The second-order valence-electron chi connectivity index (χ2n) is 5.77. The molecule has 0 aliphatic rings. The Balaban J connectivity index is 1.64. The zero-order valence-electron chi connectivity index (χ0n) is 14.7. The SMILES string of the molecule is CC(=NNC(=O)c1ccc(Cl)cc1Cl)c1ccc(NC(=O)c2cccs2)cc1. The molecule has 8 heteroatoms. The second-order valence-corrected chi connectivity index (χ2v) is 7.56. The summed E-state index contributed by atoms with van der Waals surface area (Å²) < 4.78 is 0. The molecular formula is C20H15Cl2N3O2S. The first kappa shape index (κ1) is 20.1. The molecule has 0 spiro atoms. The molecule has 3 aromatic rings. The molecule has 0 saturated carbocycles. The van der Waals surface area contributed by atoms with Crippen molar-refractivity contribution in [1.82, 2.24) is 5.43 Å². The molecule has 2 aromatic carbocycles. The molecule has 0 aliphatic heterocycles. The highest BCUT2D eigenvalue weighted by Gasteiger charge is 2.11. The van der Waals surface area contributed by atoms with Crippen LogP contribution in [0.4, 0.5) is 5.69 Å². The Bertz CT molecular complexity index is 1030. The van der Waals surface area contributed by atoms with Gasteiger partial charge >= 0.3 is 0 Å². The molecule has 0 radical (unpaired) electrons. The summed E-state index contributed by atoms with van der Waals surface area (Å²) in [5, 5.41) is 9.49. The van der Waals surface area contributed by atoms with Crippen LogP contribution in [0.25, 0.3) is 0 Å². The van der Waals surface area contributed by atoms with Crippen LogP contribution in [0.2, 0.25) is 10.0 Å². The Hall–Kier alpha value is -2.67. The van der Waals surface area contributed by atoms with Crippen LogP contribution < -0.4 is 10.7 Å². The van der Waals surface area contributed by atoms with E-state index in [0.29, 0.717) is 21.3 Å². The minimum atomic E-state index is -0.430. The van der Waals surface area contributed by atoms with Gasteiger partial charge in [-0.15, -0.1) is 11.3 Å². The van der Waals surface area contributed by atoms with Crippen LogP contribution >= 0.6 is 34.5 Å². The van der Waals surface area contributed by atoms with Gasteiger partial charge in [0.2, 0.25) is 0 Å². The summed E-state index contributed by atoms with van der Waals surface area (Å²) in [5.41, 5.74) is 4.84. The summed E-state index contributed by atoms with van der Waals surface area (Å²) in [5.74, 6) is -0.582. The van der Waals surface area contributed by atoms with Crippen LogP contribution in [0.5, 0.6) is 0 Å². The average molecular weight is 432 g/mol. The van der Waals surface area contributed by atoms with Crippen molar-refractivity contribution in [2.45, 2.75) is 6.92 Å². The topological polar surface area (TPSA) is 70.6 Å². The Morgan fingerprint density at radius 3 is 2.39 bits per heavy atom. The van der Waals surface area contributed by atoms with Gasteiger partial charge in [-0.2, -0.15) is 5.10 Å². The summed E-state index contributed by atoms with van der Waals surface area (Å²) in [6.45, 7) is 1.77. The molecule has 28 heavy (non-hydrogen) atoms. The van der Waals surface area contributed by atoms with Crippen molar-refractivity contribution in [2.24, 2.45) is 5.10 Å². The zero-order valence-corrected chi connectivity index (χ0v) is 17.0. The van der Waals surface area contributed by atoms with Gasteiger partial charge in [-0.05, 0) is 54.3 Å². The third kappa shape index (κ3) is 4.98. The zero-order chi connectivity index (χ0) is 20.1. The first-order valence-electron chi connectivity index (χ1n) is 8.19. The molecule has 1 aromatic heterocycles. The van der Waals surface area contributed by atoms with Crippen molar-refractivity contribution in [3.8, 4) is 0 Å². The molecule has 0 bridgehead atoms. The Kier molecular flexibility index (Phi) is 6.46. The van der Waals surface area contributed by atoms with Gasteiger partial charge in [0, 0.05) is 10.7 Å². The van der Waals surface area contributed by atoms with E-state index >= 15 is 0 Å². The van der Waals surface area contributed by atoms with Gasteiger partial charge in [-0.1, -0.05) is 41.4 Å². The van der Waals surface area contributed by atoms with E-state index in [-0.39, 0.29) is 16.5 Å². The van der Waals surface area contributed by atoms with E-state index in [1.165, 1.54) is 23.5 Å². The molecular weight excluding hydrogens is 417 g/mol. The van der Waals surface area contributed by atoms with Gasteiger partial charge in [-0.3, -0.25) is 9.59 Å². The quantitative estimate of drug-likeness (QED) is 0.415. The molecule has 0 unspecified atom stereocenters. The van der Waals surface area contributed by atoms with E-state index in [9.17, 15) is 9.59 Å². The fraction of sp³-hybridized carbons (Fsp3) is 0.0500. The van der Waals surface area contributed by atoms with Crippen LogP contribution in [0.1, 0.15) is 32.5 Å². The first-order valence-corrected chi connectivity index (χ1v) is 9.82. The van der Waals surface area contributed by atoms with E-state index in [4.69, 9.17) is 23.2 Å². The first-order chi connectivity index (χ1) is 13.4. The van der Waals surface area contributed by atoms with Gasteiger partial charge in [0.25, 0.3) is 11.8 Å². The molecule has 0 aliphatic carbocycles. The standard InChI is InChI=1S/C20H15Cl2N3O2S/c1-12(24-25-19(26)16-9-6-14(21)11-17(16)22)13-4-7-15(8-5-13)23-20(27)18-3-2-10-28-18/h2-11H,1H3,(H,23,27)(H,25,26). The van der Waals surface area contributed by atoms with Crippen molar-refractivity contribution in [3.63, 3.8) is 0 Å². The summed E-state index contributed by atoms with van der Waals surface area (Å²) >= 11 is 13.2. The third-order valence-corrected chi connectivity index (χ3v) is 5.22. The predicted octanol–water partition coefficient (Wildman–Crippen LogP) is 5.46. The lowest BCUT2D eigenvalue weighted by Gasteiger charge is -2.07. The molecule has 2 N–H and O–H groups in total. The molecule has 0 saturated heterocycles. The van der Waals surface area contributed by atoms with Crippen LogP contribution in [-0.2, 0) is 0 Å². The van der Waals surface area contributed by atoms with Gasteiger partial charge in [0.05, 0.1) is 21.2 Å². The number of thiophene rings is 1. The number of anilines is 1. The van der Waals surface area contributed by atoms with E-state index < -0.39 is 5.91 Å². The van der Waals surface area contributed by atoms with Gasteiger partial charge < -0.3 is 5.32 Å².